The lowest BCUT2D eigenvalue weighted by atomic mass is 10.0. The Kier molecular flexibility index (Phi) is 9.46. The number of nitrogens with zero attached hydrogens (tertiary/aromatic N) is 3. The summed E-state index contributed by atoms with van der Waals surface area (Å²) in [5.74, 6) is -2.34. The Hall–Kier alpha value is -4.15. The first-order chi connectivity index (χ1) is 19.6. The molecule has 0 radical (unpaired) electrons. The van der Waals surface area contributed by atoms with Crippen molar-refractivity contribution in [3.05, 3.63) is 88.2 Å². The van der Waals surface area contributed by atoms with Crippen LogP contribution in [0.3, 0.4) is 0 Å². The molecule has 3 aromatic carbocycles. The maximum atomic E-state index is 14.3. The summed E-state index contributed by atoms with van der Waals surface area (Å²) < 4.78 is 24.5. The standard InChI is InChI=1S/C30H32ClFN4O5/c1-34(2)22-12-13-26-20(17-22)18-36(30(39)35(26)3)21-10-8-19(9-11-21)16-25(29(38)41-15-14-40-4)33-28(37)27-23(31)6-5-7-24(27)32/h5-13,17,25H,14-16,18H2,1-4H3,(H,33,37)/t25-/m0/s1. The molecule has 1 atom stereocenters. The van der Waals surface area contributed by atoms with Gasteiger partial charge in [-0.2, -0.15) is 0 Å². The van der Waals surface area contributed by atoms with E-state index in [1.807, 2.05) is 31.1 Å². The first kappa shape index (κ1) is 29.8. The predicted molar refractivity (Wildman–Crippen MR) is 156 cm³/mol. The molecule has 1 aliphatic heterocycles. The van der Waals surface area contributed by atoms with Crippen LogP contribution in [-0.4, -0.2) is 65.4 Å². The Morgan fingerprint density at radius 2 is 1.83 bits per heavy atom. The van der Waals surface area contributed by atoms with Crippen molar-refractivity contribution in [3.63, 3.8) is 0 Å². The number of nitrogens with one attached hydrogen (secondary N) is 1. The van der Waals surface area contributed by atoms with Gasteiger partial charge in [-0.1, -0.05) is 29.8 Å². The zero-order valence-corrected chi connectivity index (χ0v) is 24.1. The molecule has 3 aromatic rings. The molecular formula is C30H32ClFN4O5. The van der Waals surface area contributed by atoms with Gasteiger partial charge in [0.15, 0.2) is 0 Å². The third-order valence-electron chi connectivity index (χ3n) is 6.79. The van der Waals surface area contributed by atoms with Gasteiger partial charge in [-0.15, -0.1) is 0 Å². The van der Waals surface area contributed by atoms with Crippen LogP contribution in [0.5, 0.6) is 0 Å². The topological polar surface area (TPSA) is 91.4 Å². The highest BCUT2D eigenvalue weighted by Gasteiger charge is 2.30. The summed E-state index contributed by atoms with van der Waals surface area (Å²) in [6, 6.07) is 15.7. The van der Waals surface area contributed by atoms with Gasteiger partial charge in [-0.25, -0.2) is 14.0 Å². The average Bonchev–Trinajstić information content (AvgIpc) is 2.94. The molecule has 0 bridgehead atoms. The fraction of sp³-hybridized carbons (Fsp3) is 0.300. The zero-order valence-electron chi connectivity index (χ0n) is 23.3. The number of methoxy groups -OCH3 is 1. The SMILES string of the molecule is COCCOC(=O)[C@H](Cc1ccc(N2Cc3cc(N(C)C)ccc3N(C)C2=O)cc1)NC(=O)c1c(F)cccc1Cl. The number of carbonyl (C=O) groups excluding carboxylic acids is 3. The van der Waals surface area contributed by atoms with Crippen molar-refractivity contribution in [3.8, 4) is 0 Å². The Morgan fingerprint density at radius 1 is 1.10 bits per heavy atom. The number of esters is 1. The van der Waals surface area contributed by atoms with Crippen molar-refractivity contribution in [2.75, 3.05) is 56.2 Å². The number of halogens is 2. The van der Waals surface area contributed by atoms with Crippen LogP contribution in [-0.2, 0) is 27.2 Å². The van der Waals surface area contributed by atoms with Crippen LogP contribution < -0.4 is 20.0 Å². The van der Waals surface area contributed by atoms with Gasteiger partial charge in [-0.05, 0) is 53.6 Å². The quantitative estimate of drug-likeness (QED) is 0.276. The number of fused-ring (bicyclic) bond motifs is 1. The number of ether oxygens (including phenoxy) is 2. The first-order valence-electron chi connectivity index (χ1n) is 13.0. The number of rotatable bonds is 10. The molecule has 1 aliphatic rings. The van der Waals surface area contributed by atoms with Crippen molar-refractivity contribution in [2.24, 2.45) is 0 Å². The van der Waals surface area contributed by atoms with E-state index >= 15 is 0 Å². The van der Waals surface area contributed by atoms with Crippen LogP contribution in [0.4, 0.5) is 26.2 Å². The van der Waals surface area contributed by atoms with Crippen LogP contribution in [0.2, 0.25) is 5.02 Å². The molecule has 0 unspecified atom stereocenters. The molecule has 0 saturated heterocycles. The molecule has 216 valence electrons. The molecule has 0 spiro atoms. The van der Waals surface area contributed by atoms with E-state index in [2.05, 4.69) is 11.4 Å². The molecule has 1 heterocycles. The molecular weight excluding hydrogens is 551 g/mol. The number of hydrogen-bond acceptors (Lipinski definition) is 6. The largest absolute Gasteiger partial charge is 0.462 e. The molecule has 11 heteroatoms. The summed E-state index contributed by atoms with van der Waals surface area (Å²) in [4.78, 5) is 44.2. The molecule has 0 aliphatic carbocycles. The van der Waals surface area contributed by atoms with E-state index in [0.29, 0.717) is 17.8 Å². The van der Waals surface area contributed by atoms with Crippen LogP contribution in [0.25, 0.3) is 0 Å². The van der Waals surface area contributed by atoms with Gasteiger partial charge in [0.1, 0.15) is 18.5 Å². The molecule has 4 rings (SSSR count). The van der Waals surface area contributed by atoms with Crippen LogP contribution in [0.1, 0.15) is 21.5 Å². The Balaban J connectivity index is 1.54. The number of benzene rings is 3. The summed E-state index contributed by atoms with van der Waals surface area (Å²) >= 11 is 6.05. The van der Waals surface area contributed by atoms with Gasteiger partial charge in [0, 0.05) is 46.0 Å². The van der Waals surface area contributed by atoms with E-state index in [1.165, 1.54) is 19.2 Å². The van der Waals surface area contributed by atoms with Crippen LogP contribution >= 0.6 is 11.6 Å². The number of carbonyl (C=O) groups is 3. The lowest BCUT2D eigenvalue weighted by Crippen LogP contribution is -2.45. The smallest absolute Gasteiger partial charge is 0.329 e. The maximum absolute atomic E-state index is 14.3. The average molecular weight is 583 g/mol. The fourth-order valence-electron chi connectivity index (χ4n) is 4.54. The minimum absolute atomic E-state index is 0.0112. The first-order valence-corrected chi connectivity index (χ1v) is 13.3. The van der Waals surface area contributed by atoms with E-state index in [4.69, 9.17) is 21.1 Å². The molecule has 0 saturated carbocycles. The van der Waals surface area contributed by atoms with Gasteiger partial charge in [0.25, 0.3) is 5.91 Å². The van der Waals surface area contributed by atoms with Crippen molar-refractivity contribution < 1.29 is 28.2 Å². The highest BCUT2D eigenvalue weighted by atomic mass is 35.5. The summed E-state index contributed by atoms with van der Waals surface area (Å²) in [6.45, 7) is 0.563. The third-order valence-corrected chi connectivity index (χ3v) is 7.10. The molecule has 1 N–H and O–H groups in total. The number of urea groups is 1. The summed E-state index contributed by atoms with van der Waals surface area (Å²) in [7, 11) is 7.13. The van der Waals surface area contributed by atoms with Gasteiger partial charge >= 0.3 is 12.0 Å². The molecule has 3 amide bonds. The normalized spacial score (nSPS) is 13.5. The Labute approximate surface area is 243 Å². The maximum Gasteiger partial charge on any atom is 0.329 e. The lowest BCUT2D eigenvalue weighted by molar-refractivity contribution is -0.147. The van der Waals surface area contributed by atoms with Crippen LogP contribution in [0.15, 0.2) is 60.7 Å². The minimum Gasteiger partial charge on any atom is -0.462 e. The monoisotopic (exact) mass is 582 g/mol. The Bertz CT molecular complexity index is 1410. The predicted octanol–water partition coefficient (Wildman–Crippen LogP) is 4.65. The minimum atomic E-state index is -1.13. The summed E-state index contributed by atoms with van der Waals surface area (Å²) in [5.41, 5.74) is 3.90. The number of hydrogen-bond donors (Lipinski definition) is 1. The summed E-state index contributed by atoms with van der Waals surface area (Å²) in [5, 5.41) is 2.48. The zero-order chi connectivity index (χ0) is 29.7. The van der Waals surface area contributed by atoms with Gasteiger partial charge < -0.3 is 19.7 Å². The fourth-order valence-corrected chi connectivity index (χ4v) is 4.79. The second-order valence-corrected chi connectivity index (χ2v) is 10.2. The second-order valence-electron chi connectivity index (χ2n) is 9.79. The van der Waals surface area contributed by atoms with Crippen molar-refractivity contribution in [1.29, 1.82) is 0 Å². The number of amides is 3. The van der Waals surface area contributed by atoms with Gasteiger partial charge in [0.2, 0.25) is 0 Å². The van der Waals surface area contributed by atoms with E-state index in [1.54, 1.807) is 41.1 Å². The highest BCUT2D eigenvalue weighted by molar-refractivity contribution is 6.33. The second kappa shape index (κ2) is 13.0. The Morgan fingerprint density at radius 3 is 2.49 bits per heavy atom. The van der Waals surface area contributed by atoms with Gasteiger partial charge in [-0.3, -0.25) is 14.6 Å². The van der Waals surface area contributed by atoms with Crippen LogP contribution in [0, 0.1) is 5.82 Å². The van der Waals surface area contributed by atoms with Crippen molar-refractivity contribution in [1.82, 2.24) is 5.32 Å². The molecule has 41 heavy (non-hydrogen) atoms. The van der Waals surface area contributed by atoms with Gasteiger partial charge in [0.05, 0.1) is 29.4 Å². The van der Waals surface area contributed by atoms with Crippen molar-refractivity contribution in [2.45, 2.75) is 19.0 Å². The van der Waals surface area contributed by atoms with Crippen molar-refractivity contribution >= 4 is 46.6 Å². The third kappa shape index (κ3) is 6.78. The lowest BCUT2D eigenvalue weighted by Gasteiger charge is -2.35. The van der Waals surface area contributed by atoms with E-state index in [-0.39, 0.29) is 36.3 Å². The molecule has 9 nitrogen and oxygen atoms in total. The summed E-state index contributed by atoms with van der Waals surface area (Å²) in [6.07, 6.45) is 0.0623. The number of anilines is 3. The molecule has 0 aromatic heterocycles. The highest BCUT2D eigenvalue weighted by Crippen LogP contribution is 2.33. The molecule has 0 fully saturated rings. The van der Waals surface area contributed by atoms with E-state index in [0.717, 1.165) is 23.0 Å². The van der Waals surface area contributed by atoms with E-state index in [9.17, 15) is 18.8 Å². The van der Waals surface area contributed by atoms with E-state index < -0.39 is 23.7 Å².